The van der Waals surface area contributed by atoms with Crippen molar-refractivity contribution >= 4 is 5.91 Å². The van der Waals surface area contributed by atoms with Crippen LogP contribution < -0.4 is 0 Å². The molecule has 1 fully saturated rings. The second-order valence-electron chi connectivity index (χ2n) is 5.78. The molecule has 0 unspecified atom stereocenters. The van der Waals surface area contributed by atoms with E-state index in [0.29, 0.717) is 18.8 Å². The Morgan fingerprint density at radius 1 is 1.38 bits per heavy atom. The average Bonchev–Trinajstić information content (AvgIpc) is 3.12. The fraction of sp³-hybridized carbons (Fsp3) is 0.467. The summed E-state index contributed by atoms with van der Waals surface area (Å²) in [4.78, 5) is 14.8. The molecule has 1 aliphatic heterocycles. The Kier molecular flexibility index (Phi) is 4.61. The largest absolute Gasteiger partial charge is 0.467 e. The molecule has 0 aromatic carbocycles. The summed E-state index contributed by atoms with van der Waals surface area (Å²) >= 11 is 0. The first-order chi connectivity index (χ1) is 11.4. The Balaban J connectivity index is 1.55. The molecule has 0 saturated carbocycles. The van der Waals surface area contributed by atoms with E-state index in [9.17, 15) is 18.0 Å². The Bertz CT molecular complexity index is 649. The number of carbonyl (C=O) groups excluding carboxylic acids is 1. The average molecular weight is 342 g/mol. The summed E-state index contributed by atoms with van der Waals surface area (Å²) in [7, 11) is 0. The summed E-state index contributed by atoms with van der Waals surface area (Å²) in [6, 6.07) is 5.10. The first-order valence-electron chi connectivity index (χ1n) is 7.49. The first-order valence-corrected chi connectivity index (χ1v) is 7.49. The van der Waals surface area contributed by atoms with E-state index in [-0.39, 0.29) is 19.1 Å². The van der Waals surface area contributed by atoms with E-state index in [1.54, 1.807) is 27.9 Å². The number of alkyl halides is 3. The van der Waals surface area contributed by atoms with Crippen molar-refractivity contribution < 1.29 is 22.4 Å². The van der Waals surface area contributed by atoms with Gasteiger partial charge < -0.3 is 9.32 Å². The lowest BCUT2D eigenvalue weighted by Gasteiger charge is -2.39. The molecular formula is C15H17F3N4O2. The van der Waals surface area contributed by atoms with Crippen molar-refractivity contribution in [1.82, 2.24) is 19.6 Å². The van der Waals surface area contributed by atoms with Crippen molar-refractivity contribution in [2.24, 2.45) is 0 Å². The van der Waals surface area contributed by atoms with Crippen LogP contribution in [0.2, 0.25) is 0 Å². The highest BCUT2D eigenvalue weighted by Gasteiger charge is 2.36. The van der Waals surface area contributed by atoms with Gasteiger partial charge >= 0.3 is 6.18 Å². The van der Waals surface area contributed by atoms with Gasteiger partial charge in [-0.2, -0.15) is 18.3 Å². The molecule has 0 atom stereocenters. The van der Waals surface area contributed by atoms with E-state index in [0.717, 1.165) is 4.90 Å². The lowest BCUT2D eigenvalue weighted by atomic mass is 10.1. The zero-order chi connectivity index (χ0) is 17.2. The number of carbonyl (C=O) groups is 1. The number of hydrogen-bond acceptors (Lipinski definition) is 4. The maximum atomic E-state index is 12.7. The minimum absolute atomic E-state index is 0.0471. The minimum atomic E-state index is -4.45. The molecule has 0 radical (unpaired) electrons. The quantitative estimate of drug-likeness (QED) is 0.805. The molecule has 2 aromatic heterocycles. The van der Waals surface area contributed by atoms with Crippen molar-refractivity contribution in [3.05, 3.63) is 42.6 Å². The van der Waals surface area contributed by atoms with E-state index in [4.69, 9.17) is 4.42 Å². The van der Waals surface area contributed by atoms with E-state index in [1.807, 2.05) is 12.3 Å². The summed E-state index contributed by atoms with van der Waals surface area (Å²) in [6.45, 7) is -0.346. The molecule has 24 heavy (non-hydrogen) atoms. The SMILES string of the molecule is O=C(CN1CC(n2cccn2)C1)N(Cc1ccco1)CC(F)(F)F. The lowest BCUT2D eigenvalue weighted by Crippen LogP contribution is -2.52. The molecule has 1 amide bonds. The van der Waals surface area contributed by atoms with Gasteiger partial charge in [0.2, 0.25) is 5.91 Å². The summed E-state index contributed by atoms with van der Waals surface area (Å²) in [5.74, 6) is -0.242. The van der Waals surface area contributed by atoms with Gasteiger partial charge in [-0.05, 0) is 18.2 Å². The maximum absolute atomic E-state index is 12.7. The lowest BCUT2D eigenvalue weighted by molar-refractivity contribution is -0.164. The van der Waals surface area contributed by atoms with E-state index >= 15 is 0 Å². The van der Waals surface area contributed by atoms with Crippen LogP contribution in [0.1, 0.15) is 11.8 Å². The monoisotopic (exact) mass is 342 g/mol. The van der Waals surface area contributed by atoms with Crippen LogP contribution in [-0.2, 0) is 11.3 Å². The summed E-state index contributed by atoms with van der Waals surface area (Å²) < 4.78 is 45.0. The van der Waals surface area contributed by atoms with Crippen molar-refractivity contribution in [2.45, 2.75) is 18.8 Å². The van der Waals surface area contributed by atoms with Gasteiger partial charge in [-0.3, -0.25) is 14.4 Å². The molecule has 3 heterocycles. The number of likely N-dealkylation sites (tertiary alicyclic amines) is 1. The maximum Gasteiger partial charge on any atom is 0.406 e. The van der Waals surface area contributed by atoms with Crippen molar-refractivity contribution in [2.75, 3.05) is 26.2 Å². The number of amides is 1. The molecule has 6 nitrogen and oxygen atoms in total. The zero-order valence-electron chi connectivity index (χ0n) is 12.8. The van der Waals surface area contributed by atoms with E-state index in [1.165, 1.54) is 6.26 Å². The van der Waals surface area contributed by atoms with Crippen LogP contribution >= 0.6 is 0 Å². The highest BCUT2D eigenvalue weighted by atomic mass is 19.4. The summed E-state index contributed by atoms with van der Waals surface area (Å²) in [6.07, 6.45) is 0.420. The fourth-order valence-electron chi connectivity index (χ4n) is 2.67. The van der Waals surface area contributed by atoms with E-state index in [2.05, 4.69) is 5.10 Å². The summed E-state index contributed by atoms with van der Waals surface area (Å²) in [5, 5.41) is 4.12. The number of rotatable bonds is 6. The topological polar surface area (TPSA) is 54.5 Å². The molecule has 1 aliphatic rings. The minimum Gasteiger partial charge on any atom is -0.467 e. The van der Waals surface area contributed by atoms with Crippen LogP contribution in [0.3, 0.4) is 0 Å². The number of furan rings is 1. The van der Waals surface area contributed by atoms with Crippen LogP contribution in [0.4, 0.5) is 13.2 Å². The third-order valence-corrected chi connectivity index (χ3v) is 3.85. The van der Waals surface area contributed by atoms with Gasteiger partial charge in [0.05, 0.1) is 25.4 Å². The highest BCUT2D eigenvalue weighted by molar-refractivity contribution is 5.78. The number of aromatic nitrogens is 2. The molecule has 130 valence electrons. The predicted octanol–water partition coefficient (Wildman–Crippen LogP) is 1.92. The second kappa shape index (κ2) is 6.68. The van der Waals surface area contributed by atoms with Crippen LogP contribution in [0.25, 0.3) is 0 Å². The Morgan fingerprint density at radius 2 is 2.17 bits per heavy atom. The van der Waals surface area contributed by atoms with Gasteiger partial charge in [0.1, 0.15) is 12.3 Å². The van der Waals surface area contributed by atoms with Crippen LogP contribution in [-0.4, -0.2) is 57.8 Å². The van der Waals surface area contributed by atoms with E-state index < -0.39 is 18.6 Å². The fourth-order valence-corrected chi connectivity index (χ4v) is 2.67. The van der Waals surface area contributed by atoms with Gasteiger partial charge in [0.25, 0.3) is 0 Å². The molecule has 9 heteroatoms. The molecule has 3 rings (SSSR count). The Hall–Kier alpha value is -2.29. The third-order valence-electron chi connectivity index (χ3n) is 3.85. The standard InChI is InChI=1S/C15H17F3N4O2/c16-15(17,18)11-21(9-13-3-1-6-24-13)14(23)10-20-7-12(8-20)22-5-2-4-19-22/h1-6,12H,7-11H2. The molecule has 0 aliphatic carbocycles. The van der Waals surface area contributed by atoms with Gasteiger partial charge in [0.15, 0.2) is 0 Å². The van der Waals surface area contributed by atoms with Crippen LogP contribution in [0.15, 0.2) is 41.3 Å². The Labute approximate surface area is 136 Å². The molecule has 0 bridgehead atoms. The van der Waals surface area contributed by atoms with Crippen LogP contribution in [0.5, 0.6) is 0 Å². The molecule has 2 aromatic rings. The number of hydrogen-bond donors (Lipinski definition) is 0. The van der Waals surface area contributed by atoms with Crippen LogP contribution in [0, 0.1) is 0 Å². The zero-order valence-corrected chi connectivity index (χ0v) is 12.8. The van der Waals surface area contributed by atoms with Gasteiger partial charge in [-0.15, -0.1) is 0 Å². The highest BCUT2D eigenvalue weighted by Crippen LogP contribution is 2.22. The third kappa shape index (κ3) is 4.16. The number of halogens is 3. The number of nitrogens with zero attached hydrogens (tertiary/aromatic N) is 4. The van der Waals surface area contributed by atoms with Gasteiger partial charge in [-0.1, -0.05) is 0 Å². The smallest absolute Gasteiger partial charge is 0.406 e. The molecule has 1 saturated heterocycles. The first kappa shape index (κ1) is 16.6. The van der Waals surface area contributed by atoms with Gasteiger partial charge in [0, 0.05) is 25.5 Å². The summed E-state index contributed by atoms with van der Waals surface area (Å²) in [5.41, 5.74) is 0. The second-order valence-corrected chi connectivity index (χ2v) is 5.78. The predicted molar refractivity (Wildman–Crippen MR) is 77.9 cm³/mol. The molecule has 0 spiro atoms. The molecular weight excluding hydrogens is 325 g/mol. The van der Waals surface area contributed by atoms with Crippen molar-refractivity contribution in [3.8, 4) is 0 Å². The van der Waals surface area contributed by atoms with Crippen molar-refractivity contribution in [3.63, 3.8) is 0 Å². The molecule has 0 N–H and O–H groups in total. The Morgan fingerprint density at radius 3 is 2.75 bits per heavy atom. The normalized spacial score (nSPS) is 16.1. The van der Waals surface area contributed by atoms with Gasteiger partial charge in [-0.25, -0.2) is 0 Å². The van der Waals surface area contributed by atoms with Crippen molar-refractivity contribution in [1.29, 1.82) is 0 Å².